The van der Waals surface area contributed by atoms with Crippen LogP contribution in [0.1, 0.15) is 34.5 Å². The van der Waals surface area contributed by atoms with E-state index in [0.717, 1.165) is 36.2 Å². The molecule has 6 nitrogen and oxygen atoms in total. The summed E-state index contributed by atoms with van der Waals surface area (Å²) in [4.78, 5) is 26.2. The van der Waals surface area contributed by atoms with Gasteiger partial charge < -0.3 is 9.47 Å². The van der Waals surface area contributed by atoms with E-state index in [4.69, 9.17) is 0 Å². The number of nitrogens with zero attached hydrogens (tertiary/aromatic N) is 3. The second-order valence-electron chi connectivity index (χ2n) is 7.99. The lowest BCUT2D eigenvalue weighted by molar-refractivity contribution is -0.384. The van der Waals surface area contributed by atoms with Crippen molar-refractivity contribution >= 4 is 34.8 Å². The number of hydrogen-bond donors (Lipinski definition) is 0. The minimum atomic E-state index is -0.452. The lowest BCUT2D eigenvalue weighted by atomic mass is 9.98. The second-order valence-corrected chi connectivity index (χ2v) is 7.99. The Kier molecular flexibility index (Phi) is 6.58. The van der Waals surface area contributed by atoms with Crippen LogP contribution in [0, 0.1) is 23.0 Å². The van der Waals surface area contributed by atoms with Gasteiger partial charge in [0.15, 0.2) is 5.78 Å². The zero-order valence-electron chi connectivity index (χ0n) is 17.2. The zero-order chi connectivity index (χ0) is 20.5. The highest BCUT2D eigenvalue weighted by atomic mass is 35.5. The molecule has 1 atom stereocenters. The van der Waals surface area contributed by atoms with E-state index < -0.39 is 4.92 Å². The first-order valence-corrected chi connectivity index (χ1v) is 10.0. The third-order valence-electron chi connectivity index (χ3n) is 5.96. The zero-order valence-corrected chi connectivity index (χ0v) is 18.0. The molecule has 0 amide bonds. The first-order valence-electron chi connectivity index (χ1n) is 10.0. The molecule has 1 aliphatic heterocycles. The fourth-order valence-electron chi connectivity index (χ4n) is 4.51. The quantitative estimate of drug-likeness (QED) is 0.331. The molecule has 0 bridgehead atoms. The van der Waals surface area contributed by atoms with E-state index in [1.54, 1.807) is 12.1 Å². The van der Waals surface area contributed by atoms with Gasteiger partial charge in [-0.25, -0.2) is 0 Å². The van der Waals surface area contributed by atoms with Crippen LogP contribution in [0.25, 0.3) is 10.9 Å². The average Bonchev–Trinajstić information content (AvgIpc) is 2.99. The van der Waals surface area contributed by atoms with Crippen molar-refractivity contribution in [1.29, 1.82) is 0 Å². The number of benzene rings is 2. The molecular formula is C23H26ClN3O3. The summed E-state index contributed by atoms with van der Waals surface area (Å²) in [6.07, 6.45) is 2.40. The summed E-state index contributed by atoms with van der Waals surface area (Å²) in [5.74, 6) is 0.471. The van der Waals surface area contributed by atoms with Gasteiger partial charge in [0.05, 0.1) is 10.5 Å². The first kappa shape index (κ1) is 22.0. The normalized spacial score (nSPS) is 16.9. The molecule has 0 N–H and O–H groups in total. The van der Waals surface area contributed by atoms with E-state index >= 15 is 0 Å². The van der Waals surface area contributed by atoms with E-state index in [9.17, 15) is 14.9 Å². The second kappa shape index (κ2) is 8.98. The summed E-state index contributed by atoms with van der Waals surface area (Å²) >= 11 is 0. The van der Waals surface area contributed by atoms with E-state index in [-0.39, 0.29) is 23.9 Å². The largest absolute Gasteiger partial charge is 0.344 e. The number of para-hydroxylation sites is 1. The van der Waals surface area contributed by atoms with E-state index in [0.29, 0.717) is 17.0 Å². The maximum Gasteiger partial charge on any atom is 0.269 e. The van der Waals surface area contributed by atoms with Crippen molar-refractivity contribution in [1.82, 2.24) is 9.47 Å². The Morgan fingerprint density at radius 3 is 2.53 bits per heavy atom. The van der Waals surface area contributed by atoms with Gasteiger partial charge >= 0.3 is 0 Å². The average molecular weight is 428 g/mol. The molecule has 1 saturated heterocycles. The van der Waals surface area contributed by atoms with E-state index in [1.807, 2.05) is 25.1 Å². The number of non-ortho nitro benzene ring substituents is 1. The van der Waals surface area contributed by atoms with Gasteiger partial charge in [-0.05, 0) is 57.5 Å². The van der Waals surface area contributed by atoms with E-state index in [2.05, 4.69) is 22.6 Å². The molecule has 0 spiro atoms. The predicted molar refractivity (Wildman–Crippen MR) is 121 cm³/mol. The van der Waals surface area contributed by atoms with Crippen LogP contribution in [0.2, 0.25) is 0 Å². The molecular weight excluding hydrogens is 402 g/mol. The molecule has 30 heavy (non-hydrogen) atoms. The Morgan fingerprint density at radius 2 is 1.87 bits per heavy atom. The number of rotatable bonds is 5. The fraction of sp³-hybridized carbons (Fsp3) is 0.348. The number of halogens is 1. The standard InChI is InChI=1S/C23H25N3O3.ClH/c1-16-22(23(27)18-9-11-19(12-10-18)26(28)29)20-7-3-4-8-21(20)25(16)15-17-6-5-13-24(2)14-17;/h3-4,7-12,17H,5-6,13-15H2,1-2H3;1H. The lowest BCUT2D eigenvalue weighted by Crippen LogP contribution is -2.34. The molecule has 2 aromatic carbocycles. The predicted octanol–water partition coefficient (Wildman–Crippen LogP) is 4.85. The Bertz CT molecular complexity index is 1080. The summed E-state index contributed by atoms with van der Waals surface area (Å²) in [5, 5.41) is 11.9. The van der Waals surface area contributed by atoms with Gasteiger partial charge in [-0.3, -0.25) is 14.9 Å². The van der Waals surface area contributed by atoms with Crippen LogP contribution in [-0.2, 0) is 6.54 Å². The number of carbonyl (C=O) groups is 1. The first-order chi connectivity index (χ1) is 14.0. The van der Waals surface area contributed by atoms with Gasteiger partial charge in [0.1, 0.15) is 0 Å². The van der Waals surface area contributed by atoms with Gasteiger partial charge in [-0.15, -0.1) is 12.4 Å². The van der Waals surface area contributed by atoms with Crippen molar-refractivity contribution in [3.63, 3.8) is 0 Å². The SMILES string of the molecule is Cc1c(C(=O)c2ccc([N+](=O)[O-])cc2)c2ccccc2n1CC1CCCN(C)C1.Cl. The van der Waals surface area contributed by atoms with Crippen molar-refractivity contribution in [2.45, 2.75) is 26.3 Å². The lowest BCUT2D eigenvalue weighted by Gasteiger charge is -2.30. The molecule has 1 unspecified atom stereocenters. The van der Waals surface area contributed by atoms with Crippen LogP contribution >= 0.6 is 12.4 Å². The van der Waals surface area contributed by atoms with Crippen LogP contribution in [0.5, 0.6) is 0 Å². The third-order valence-corrected chi connectivity index (χ3v) is 5.96. The Balaban J connectivity index is 0.00000256. The van der Waals surface area contributed by atoms with Gasteiger partial charge in [0.2, 0.25) is 0 Å². The van der Waals surface area contributed by atoms with E-state index in [1.165, 1.54) is 25.0 Å². The van der Waals surface area contributed by atoms with Crippen molar-refractivity contribution in [3.8, 4) is 0 Å². The summed E-state index contributed by atoms with van der Waals surface area (Å²) in [6.45, 7) is 5.11. The molecule has 7 heteroatoms. The van der Waals surface area contributed by atoms with Gasteiger partial charge in [-0.2, -0.15) is 0 Å². The molecule has 158 valence electrons. The third kappa shape index (κ3) is 4.11. The van der Waals surface area contributed by atoms with Crippen molar-refractivity contribution in [2.24, 2.45) is 5.92 Å². The van der Waals surface area contributed by atoms with Crippen molar-refractivity contribution in [2.75, 3.05) is 20.1 Å². The topological polar surface area (TPSA) is 68.4 Å². The summed E-state index contributed by atoms with van der Waals surface area (Å²) in [6, 6.07) is 13.9. The van der Waals surface area contributed by atoms with Crippen LogP contribution in [0.3, 0.4) is 0 Å². The number of nitro groups is 1. The Labute approximate surface area is 182 Å². The molecule has 1 fully saturated rings. The molecule has 0 radical (unpaired) electrons. The number of fused-ring (bicyclic) bond motifs is 1. The highest BCUT2D eigenvalue weighted by Gasteiger charge is 2.24. The molecule has 0 aliphatic carbocycles. The maximum absolute atomic E-state index is 13.3. The smallest absolute Gasteiger partial charge is 0.269 e. The van der Waals surface area contributed by atoms with Gasteiger partial charge in [0.25, 0.3) is 5.69 Å². The highest BCUT2D eigenvalue weighted by Crippen LogP contribution is 2.30. The van der Waals surface area contributed by atoms with Crippen LogP contribution < -0.4 is 0 Å². The molecule has 2 heterocycles. The summed E-state index contributed by atoms with van der Waals surface area (Å²) < 4.78 is 2.28. The monoisotopic (exact) mass is 427 g/mol. The molecule has 1 aliphatic rings. The minimum Gasteiger partial charge on any atom is -0.344 e. The number of ketones is 1. The van der Waals surface area contributed by atoms with Crippen LogP contribution in [0.4, 0.5) is 5.69 Å². The highest BCUT2D eigenvalue weighted by molar-refractivity contribution is 6.17. The van der Waals surface area contributed by atoms with Gasteiger partial charge in [0, 0.05) is 47.4 Å². The van der Waals surface area contributed by atoms with Crippen LogP contribution in [0.15, 0.2) is 48.5 Å². The molecule has 1 aromatic heterocycles. The number of hydrogen-bond acceptors (Lipinski definition) is 4. The number of nitro benzene ring substituents is 1. The number of aromatic nitrogens is 1. The van der Waals surface area contributed by atoms with Crippen molar-refractivity contribution in [3.05, 3.63) is 75.5 Å². The fourth-order valence-corrected chi connectivity index (χ4v) is 4.51. The summed E-state index contributed by atoms with van der Waals surface area (Å²) in [7, 11) is 2.16. The Morgan fingerprint density at radius 1 is 1.17 bits per heavy atom. The summed E-state index contributed by atoms with van der Waals surface area (Å²) in [5.41, 5.74) is 3.19. The molecule has 4 rings (SSSR count). The number of likely N-dealkylation sites (tertiary alicyclic amines) is 1. The maximum atomic E-state index is 13.3. The van der Waals surface area contributed by atoms with Crippen molar-refractivity contribution < 1.29 is 9.72 Å². The molecule has 3 aromatic rings. The number of piperidine rings is 1. The Hall–Kier alpha value is -2.70. The number of carbonyl (C=O) groups excluding carboxylic acids is 1. The molecule has 0 saturated carbocycles. The minimum absolute atomic E-state index is 0. The van der Waals surface area contributed by atoms with Crippen LogP contribution in [-0.4, -0.2) is 40.3 Å². The van der Waals surface area contributed by atoms with Gasteiger partial charge in [-0.1, -0.05) is 18.2 Å².